The Labute approximate surface area is 163 Å². The van der Waals surface area contributed by atoms with E-state index in [1.165, 1.54) is 18.2 Å². The predicted octanol–water partition coefficient (Wildman–Crippen LogP) is 2.04. The molecule has 1 aliphatic heterocycles. The first kappa shape index (κ1) is 20.0. The summed E-state index contributed by atoms with van der Waals surface area (Å²) in [6.07, 6.45) is 1.01. The number of carbonyl (C=O) groups excluding carboxylic acids is 2. The second-order valence-corrected chi connectivity index (χ2v) is 8.50. The van der Waals surface area contributed by atoms with Crippen molar-refractivity contribution >= 4 is 33.2 Å². The van der Waals surface area contributed by atoms with E-state index in [0.29, 0.717) is 24.2 Å². The zero-order valence-electron chi connectivity index (χ0n) is 15.9. The molecule has 1 aromatic heterocycles. The van der Waals surface area contributed by atoms with Crippen molar-refractivity contribution in [3.63, 3.8) is 0 Å². The van der Waals surface area contributed by atoms with Crippen LogP contribution in [0.3, 0.4) is 0 Å². The van der Waals surface area contributed by atoms with E-state index in [9.17, 15) is 18.0 Å². The molecule has 1 saturated heterocycles. The molecule has 0 bridgehead atoms. The van der Waals surface area contributed by atoms with Crippen molar-refractivity contribution in [1.82, 2.24) is 9.46 Å². The van der Waals surface area contributed by atoms with Crippen LogP contribution in [0, 0.1) is 13.8 Å². The highest BCUT2D eigenvalue weighted by Gasteiger charge is 2.41. The van der Waals surface area contributed by atoms with Gasteiger partial charge in [-0.2, -0.15) is 4.31 Å². The van der Waals surface area contributed by atoms with Crippen LogP contribution in [0.15, 0.2) is 33.7 Å². The molecule has 1 fully saturated rings. The summed E-state index contributed by atoms with van der Waals surface area (Å²) in [5.41, 5.74) is 1.40. The standard InChI is InChI=1S/C18H22N4O5S/c1-11-17(12(2)27-21-11)28(25,26)22-10-4-5-16(22)18(24)20-15-8-6-14(7-9-15)19-13(3)23/h6-9,16H,4-5,10H2,1-3H3,(H,19,23)(H,20,24)/t16-/m0/s1. The highest BCUT2D eigenvalue weighted by Crippen LogP contribution is 2.30. The van der Waals surface area contributed by atoms with Gasteiger partial charge in [0.2, 0.25) is 21.8 Å². The smallest absolute Gasteiger partial charge is 0.249 e. The van der Waals surface area contributed by atoms with E-state index in [4.69, 9.17) is 4.52 Å². The second-order valence-electron chi connectivity index (χ2n) is 6.67. The van der Waals surface area contributed by atoms with Gasteiger partial charge in [0.05, 0.1) is 0 Å². The van der Waals surface area contributed by atoms with Crippen LogP contribution in [-0.2, 0) is 19.6 Å². The number of anilines is 2. The molecule has 28 heavy (non-hydrogen) atoms. The maximum absolute atomic E-state index is 13.1. The summed E-state index contributed by atoms with van der Waals surface area (Å²) in [4.78, 5) is 23.8. The summed E-state index contributed by atoms with van der Waals surface area (Å²) >= 11 is 0. The SMILES string of the molecule is CC(=O)Nc1ccc(NC(=O)[C@@H]2CCCN2S(=O)(=O)c2c(C)noc2C)cc1. The normalized spacial score (nSPS) is 17.5. The van der Waals surface area contributed by atoms with E-state index in [1.807, 2.05) is 0 Å². The van der Waals surface area contributed by atoms with Gasteiger partial charge < -0.3 is 15.2 Å². The molecule has 150 valence electrons. The van der Waals surface area contributed by atoms with E-state index in [-0.39, 0.29) is 28.8 Å². The predicted molar refractivity (Wildman–Crippen MR) is 102 cm³/mol. The van der Waals surface area contributed by atoms with E-state index in [2.05, 4.69) is 15.8 Å². The Balaban J connectivity index is 1.77. The van der Waals surface area contributed by atoms with Gasteiger partial charge in [-0.05, 0) is 51.0 Å². The summed E-state index contributed by atoms with van der Waals surface area (Å²) in [6, 6.07) is 5.79. The number of nitrogens with one attached hydrogen (secondary N) is 2. The largest absolute Gasteiger partial charge is 0.360 e. The first-order valence-electron chi connectivity index (χ1n) is 8.83. The second kappa shape index (κ2) is 7.72. The molecule has 2 amide bonds. The molecule has 9 nitrogen and oxygen atoms in total. The molecule has 0 saturated carbocycles. The molecule has 10 heteroatoms. The summed E-state index contributed by atoms with van der Waals surface area (Å²) < 4.78 is 32.3. The molecule has 0 unspecified atom stereocenters. The quantitative estimate of drug-likeness (QED) is 0.784. The molecule has 0 radical (unpaired) electrons. The van der Waals surface area contributed by atoms with Crippen molar-refractivity contribution in [3.05, 3.63) is 35.7 Å². The van der Waals surface area contributed by atoms with Gasteiger partial charge in [-0.15, -0.1) is 0 Å². The molecule has 1 atom stereocenters. The summed E-state index contributed by atoms with van der Waals surface area (Å²) in [5, 5.41) is 9.09. The van der Waals surface area contributed by atoms with Crippen LogP contribution in [0.1, 0.15) is 31.2 Å². The first-order chi connectivity index (χ1) is 13.2. The Morgan fingerprint density at radius 3 is 2.29 bits per heavy atom. The van der Waals surface area contributed by atoms with Crippen molar-refractivity contribution in [2.24, 2.45) is 0 Å². The molecular formula is C18H22N4O5S. The number of amides is 2. The van der Waals surface area contributed by atoms with Crippen LogP contribution < -0.4 is 10.6 Å². The maximum atomic E-state index is 13.1. The van der Waals surface area contributed by atoms with Gasteiger partial charge in [0.1, 0.15) is 16.6 Å². The molecule has 2 heterocycles. The van der Waals surface area contributed by atoms with Gasteiger partial charge in [-0.25, -0.2) is 8.42 Å². The minimum Gasteiger partial charge on any atom is -0.360 e. The van der Waals surface area contributed by atoms with Gasteiger partial charge in [0.25, 0.3) is 0 Å². The van der Waals surface area contributed by atoms with E-state index >= 15 is 0 Å². The molecule has 2 aromatic rings. The number of aryl methyl sites for hydroxylation is 2. The van der Waals surface area contributed by atoms with E-state index < -0.39 is 22.0 Å². The third kappa shape index (κ3) is 3.92. The minimum atomic E-state index is -3.89. The zero-order valence-corrected chi connectivity index (χ0v) is 16.7. The summed E-state index contributed by atoms with van der Waals surface area (Å²) in [5.74, 6) is -0.389. The number of rotatable bonds is 5. The van der Waals surface area contributed by atoms with Crippen molar-refractivity contribution < 1.29 is 22.5 Å². The van der Waals surface area contributed by atoms with Crippen molar-refractivity contribution in [1.29, 1.82) is 0 Å². The number of hydrogen-bond donors (Lipinski definition) is 2. The highest BCUT2D eigenvalue weighted by molar-refractivity contribution is 7.89. The van der Waals surface area contributed by atoms with Crippen LogP contribution >= 0.6 is 0 Å². The highest BCUT2D eigenvalue weighted by atomic mass is 32.2. The van der Waals surface area contributed by atoms with Gasteiger partial charge in [-0.3, -0.25) is 9.59 Å². The molecule has 0 spiro atoms. The van der Waals surface area contributed by atoms with Crippen LogP contribution in [-0.4, -0.2) is 42.3 Å². The summed E-state index contributed by atoms with van der Waals surface area (Å²) in [6.45, 7) is 4.76. The Kier molecular flexibility index (Phi) is 5.52. The van der Waals surface area contributed by atoms with E-state index in [0.717, 1.165) is 0 Å². The third-order valence-corrected chi connectivity index (χ3v) is 6.67. The number of nitrogens with zero attached hydrogens (tertiary/aromatic N) is 2. The van der Waals surface area contributed by atoms with Crippen LogP contribution in [0.2, 0.25) is 0 Å². The van der Waals surface area contributed by atoms with Crippen molar-refractivity contribution in [2.75, 3.05) is 17.2 Å². The Morgan fingerprint density at radius 1 is 1.14 bits per heavy atom. The lowest BCUT2D eigenvalue weighted by molar-refractivity contribution is -0.119. The van der Waals surface area contributed by atoms with Crippen molar-refractivity contribution in [3.8, 4) is 0 Å². The number of hydrogen-bond acceptors (Lipinski definition) is 6. The lowest BCUT2D eigenvalue weighted by atomic mass is 10.2. The number of carbonyl (C=O) groups is 2. The molecule has 0 aliphatic carbocycles. The minimum absolute atomic E-state index is 0.0202. The van der Waals surface area contributed by atoms with Crippen LogP contribution in [0.4, 0.5) is 11.4 Å². The van der Waals surface area contributed by atoms with Crippen molar-refractivity contribution in [2.45, 2.75) is 44.6 Å². The first-order valence-corrected chi connectivity index (χ1v) is 10.3. The van der Waals surface area contributed by atoms with Gasteiger partial charge in [0, 0.05) is 24.8 Å². The fourth-order valence-electron chi connectivity index (χ4n) is 3.32. The summed E-state index contributed by atoms with van der Waals surface area (Å²) in [7, 11) is -3.89. The maximum Gasteiger partial charge on any atom is 0.249 e. The van der Waals surface area contributed by atoms with Crippen LogP contribution in [0.25, 0.3) is 0 Å². The Morgan fingerprint density at radius 2 is 1.75 bits per heavy atom. The topological polar surface area (TPSA) is 122 Å². The van der Waals surface area contributed by atoms with Gasteiger partial charge in [0.15, 0.2) is 5.76 Å². The lowest BCUT2D eigenvalue weighted by Crippen LogP contribution is -2.43. The average Bonchev–Trinajstić information content (AvgIpc) is 3.23. The van der Waals surface area contributed by atoms with Crippen LogP contribution in [0.5, 0.6) is 0 Å². The fourth-order valence-corrected chi connectivity index (χ4v) is 5.27. The number of aromatic nitrogens is 1. The molecule has 3 rings (SSSR count). The Hall–Kier alpha value is -2.72. The third-order valence-electron chi connectivity index (χ3n) is 4.51. The molecule has 1 aromatic carbocycles. The Bertz CT molecular complexity index is 978. The monoisotopic (exact) mass is 406 g/mol. The molecule has 2 N–H and O–H groups in total. The number of benzene rings is 1. The zero-order chi connectivity index (χ0) is 20.5. The molecular weight excluding hydrogens is 384 g/mol. The van der Waals surface area contributed by atoms with Gasteiger partial charge >= 0.3 is 0 Å². The van der Waals surface area contributed by atoms with E-state index in [1.54, 1.807) is 31.2 Å². The molecule has 1 aliphatic rings. The average molecular weight is 406 g/mol. The van der Waals surface area contributed by atoms with Gasteiger partial charge in [-0.1, -0.05) is 5.16 Å². The number of sulfonamides is 1. The lowest BCUT2D eigenvalue weighted by Gasteiger charge is -2.23. The fraction of sp³-hybridized carbons (Fsp3) is 0.389.